The summed E-state index contributed by atoms with van der Waals surface area (Å²) < 4.78 is 0. The first-order valence-corrected chi connectivity index (χ1v) is 9.63. The van der Waals surface area contributed by atoms with Gasteiger partial charge >= 0.3 is 0 Å². The summed E-state index contributed by atoms with van der Waals surface area (Å²) in [5.74, 6) is 2.82. The molecule has 2 heteroatoms. The average molecular weight is 309 g/mol. The number of nitrogens with one attached hydrogen (secondary N) is 1. The summed E-state index contributed by atoms with van der Waals surface area (Å²) in [5, 5.41) is 3.51. The number of hydrogen-bond donors (Lipinski definition) is 1. The highest BCUT2D eigenvalue weighted by molar-refractivity contribution is 5.95. The summed E-state index contributed by atoms with van der Waals surface area (Å²) in [4.78, 5) is 12.9. The van der Waals surface area contributed by atoms with Crippen molar-refractivity contribution < 1.29 is 4.79 Å². The highest BCUT2D eigenvalue weighted by Gasteiger charge is 2.51. The number of aryl methyl sites for hydroxylation is 2. The molecule has 0 radical (unpaired) electrons. The summed E-state index contributed by atoms with van der Waals surface area (Å²) in [7, 11) is 0. The first-order chi connectivity index (χ1) is 11.2. The van der Waals surface area contributed by atoms with Gasteiger partial charge in [0.15, 0.2) is 0 Å². The van der Waals surface area contributed by atoms with E-state index in [0.717, 1.165) is 29.7 Å². The molecule has 1 amide bonds. The Morgan fingerprint density at radius 1 is 0.913 bits per heavy atom. The van der Waals surface area contributed by atoms with Crippen molar-refractivity contribution >= 4 is 5.91 Å². The Morgan fingerprint density at radius 2 is 1.52 bits per heavy atom. The molecule has 0 aliphatic heterocycles. The van der Waals surface area contributed by atoms with Crippen LogP contribution < -0.4 is 5.32 Å². The second-order valence-electron chi connectivity index (χ2n) is 8.84. The Morgan fingerprint density at radius 3 is 2.17 bits per heavy atom. The maximum Gasteiger partial charge on any atom is 0.251 e. The van der Waals surface area contributed by atoms with Crippen molar-refractivity contribution in [3.05, 3.63) is 34.9 Å². The Labute approximate surface area is 139 Å². The van der Waals surface area contributed by atoms with E-state index in [9.17, 15) is 4.79 Å². The molecule has 122 valence electrons. The lowest BCUT2D eigenvalue weighted by Crippen LogP contribution is -2.59. The van der Waals surface area contributed by atoms with Gasteiger partial charge in [-0.1, -0.05) is 6.07 Å². The molecule has 4 saturated carbocycles. The summed E-state index contributed by atoms with van der Waals surface area (Å²) >= 11 is 0. The van der Waals surface area contributed by atoms with Crippen LogP contribution in [0.1, 0.15) is 72.9 Å². The zero-order valence-corrected chi connectivity index (χ0v) is 13.9. The first kappa shape index (κ1) is 14.1. The fourth-order valence-corrected chi connectivity index (χ4v) is 6.45. The van der Waals surface area contributed by atoms with Crippen molar-refractivity contribution in [1.82, 2.24) is 5.32 Å². The Balaban J connectivity index is 1.37. The lowest BCUT2D eigenvalue weighted by atomic mass is 9.53. The predicted octanol–water partition coefficient (Wildman–Crippen LogP) is 4.26. The molecule has 0 saturated heterocycles. The zero-order valence-electron chi connectivity index (χ0n) is 13.9. The quantitative estimate of drug-likeness (QED) is 0.868. The second-order valence-corrected chi connectivity index (χ2v) is 8.84. The predicted molar refractivity (Wildman–Crippen MR) is 91.5 cm³/mol. The molecule has 0 atom stereocenters. The summed E-state index contributed by atoms with van der Waals surface area (Å²) in [6.45, 7) is 0. The van der Waals surface area contributed by atoms with E-state index in [4.69, 9.17) is 0 Å². The number of amides is 1. The molecule has 0 heterocycles. The molecule has 1 aromatic rings. The molecule has 5 aliphatic carbocycles. The molecule has 5 aliphatic rings. The van der Waals surface area contributed by atoms with Crippen LogP contribution in [0.5, 0.6) is 0 Å². The van der Waals surface area contributed by atoms with Gasteiger partial charge in [-0.15, -0.1) is 0 Å². The van der Waals surface area contributed by atoms with Crippen molar-refractivity contribution in [1.29, 1.82) is 0 Å². The number of benzene rings is 1. The minimum absolute atomic E-state index is 0.127. The largest absolute Gasteiger partial charge is 0.347 e. The van der Waals surface area contributed by atoms with Gasteiger partial charge in [-0.2, -0.15) is 0 Å². The Hall–Kier alpha value is -1.31. The van der Waals surface area contributed by atoms with E-state index < -0.39 is 0 Å². The molecular weight excluding hydrogens is 282 g/mol. The van der Waals surface area contributed by atoms with Crippen LogP contribution in [-0.2, 0) is 12.8 Å². The normalized spacial score (nSPS) is 37.5. The molecule has 0 spiro atoms. The van der Waals surface area contributed by atoms with E-state index in [-0.39, 0.29) is 11.4 Å². The van der Waals surface area contributed by atoms with E-state index in [2.05, 4.69) is 23.5 Å². The molecule has 4 bridgehead atoms. The molecule has 1 aromatic carbocycles. The Bertz CT molecular complexity index is 612. The third kappa shape index (κ3) is 2.42. The maximum absolute atomic E-state index is 12.9. The van der Waals surface area contributed by atoms with Crippen molar-refractivity contribution in [2.45, 2.75) is 69.7 Å². The van der Waals surface area contributed by atoms with Crippen LogP contribution in [0.2, 0.25) is 0 Å². The molecule has 0 aromatic heterocycles. The molecule has 1 N–H and O–H groups in total. The molecular formula is C21H27NO. The lowest BCUT2D eigenvalue weighted by molar-refractivity contribution is -0.0167. The van der Waals surface area contributed by atoms with Crippen LogP contribution in [0.15, 0.2) is 18.2 Å². The van der Waals surface area contributed by atoms with Gasteiger partial charge in [0.05, 0.1) is 0 Å². The van der Waals surface area contributed by atoms with Gasteiger partial charge in [-0.3, -0.25) is 4.79 Å². The fraction of sp³-hybridized carbons (Fsp3) is 0.667. The van der Waals surface area contributed by atoms with Crippen LogP contribution in [-0.4, -0.2) is 11.4 Å². The monoisotopic (exact) mass is 309 g/mol. The smallest absolute Gasteiger partial charge is 0.251 e. The van der Waals surface area contributed by atoms with E-state index in [1.807, 2.05) is 0 Å². The van der Waals surface area contributed by atoms with Crippen molar-refractivity contribution in [3.8, 4) is 0 Å². The lowest BCUT2D eigenvalue weighted by Gasteiger charge is -2.56. The van der Waals surface area contributed by atoms with Crippen LogP contribution in [0.4, 0.5) is 0 Å². The molecule has 0 unspecified atom stereocenters. The van der Waals surface area contributed by atoms with Crippen molar-refractivity contribution in [2.24, 2.45) is 17.8 Å². The van der Waals surface area contributed by atoms with Gasteiger partial charge in [0.2, 0.25) is 0 Å². The number of carbonyl (C=O) groups excluding carboxylic acids is 1. The highest BCUT2D eigenvalue weighted by Crippen LogP contribution is 2.55. The number of hydrogen-bond acceptors (Lipinski definition) is 1. The van der Waals surface area contributed by atoms with Gasteiger partial charge in [0, 0.05) is 11.1 Å². The molecule has 4 fully saturated rings. The first-order valence-electron chi connectivity index (χ1n) is 9.63. The maximum atomic E-state index is 12.9. The van der Waals surface area contributed by atoms with Crippen LogP contribution in [0.3, 0.4) is 0 Å². The minimum Gasteiger partial charge on any atom is -0.347 e. The van der Waals surface area contributed by atoms with Gasteiger partial charge in [-0.25, -0.2) is 0 Å². The highest BCUT2D eigenvalue weighted by atomic mass is 16.1. The SMILES string of the molecule is O=C(NC12CC3CC(CC(C3)C1)C2)c1ccc2c(c1)CCCC2. The van der Waals surface area contributed by atoms with Crippen molar-refractivity contribution in [3.63, 3.8) is 0 Å². The zero-order chi connectivity index (χ0) is 15.4. The van der Waals surface area contributed by atoms with Crippen LogP contribution in [0.25, 0.3) is 0 Å². The minimum atomic E-state index is 0.127. The van der Waals surface area contributed by atoms with Gasteiger partial charge in [-0.05, 0) is 105 Å². The summed E-state index contributed by atoms with van der Waals surface area (Å²) in [6.07, 6.45) is 12.9. The van der Waals surface area contributed by atoms with Gasteiger partial charge < -0.3 is 5.32 Å². The third-order valence-electron chi connectivity index (χ3n) is 7.03. The van der Waals surface area contributed by atoms with E-state index in [1.165, 1.54) is 68.9 Å². The number of rotatable bonds is 2. The number of fused-ring (bicyclic) bond motifs is 1. The molecule has 2 nitrogen and oxygen atoms in total. The van der Waals surface area contributed by atoms with E-state index in [1.54, 1.807) is 0 Å². The summed E-state index contributed by atoms with van der Waals surface area (Å²) in [6, 6.07) is 6.42. The third-order valence-corrected chi connectivity index (χ3v) is 7.03. The molecule has 6 rings (SSSR count). The van der Waals surface area contributed by atoms with Gasteiger partial charge in [0.25, 0.3) is 5.91 Å². The molecule has 23 heavy (non-hydrogen) atoms. The van der Waals surface area contributed by atoms with E-state index >= 15 is 0 Å². The number of carbonyl (C=O) groups is 1. The van der Waals surface area contributed by atoms with Gasteiger partial charge in [0.1, 0.15) is 0 Å². The average Bonchev–Trinajstić information content (AvgIpc) is 2.52. The summed E-state index contributed by atoms with van der Waals surface area (Å²) in [5.41, 5.74) is 3.89. The topological polar surface area (TPSA) is 29.1 Å². The van der Waals surface area contributed by atoms with E-state index in [0.29, 0.717) is 0 Å². The second kappa shape index (κ2) is 5.09. The fourth-order valence-electron chi connectivity index (χ4n) is 6.45. The van der Waals surface area contributed by atoms with Crippen molar-refractivity contribution in [2.75, 3.05) is 0 Å². The van der Waals surface area contributed by atoms with Crippen LogP contribution >= 0.6 is 0 Å². The Kier molecular flexibility index (Phi) is 3.11. The van der Waals surface area contributed by atoms with Crippen LogP contribution in [0, 0.1) is 17.8 Å². The standard InChI is InChI=1S/C21H27NO/c23-20(19-6-5-17-3-1-2-4-18(17)10-19)22-21-11-14-7-15(12-21)9-16(8-14)13-21/h5-6,10,14-16H,1-4,7-9,11-13H2,(H,22,23).